The van der Waals surface area contributed by atoms with Crippen molar-refractivity contribution < 1.29 is 29.6 Å². The molecule has 0 aromatic heterocycles. The molecule has 2 unspecified atom stereocenters. The minimum absolute atomic E-state index is 0.409. The van der Waals surface area contributed by atoms with E-state index in [9.17, 15) is 19.8 Å². The number of aliphatic hydroxyl groups excluding tert-OH is 2. The molecule has 0 aromatic rings. The quantitative estimate of drug-likeness (QED) is 0.400. The van der Waals surface area contributed by atoms with Gasteiger partial charge in [-0.1, -0.05) is 13.3 Å². The number of aliphatic carboxylic acids is 1. The third-order valence-electron chi connectivity index (χ3n) is 2.50. The second-order valence-electron chi connectivity index (χ2n) is 5.75. The fourth-order valence-electron chi connectivity index (χ4n) is 1.63. The number of carbonyl (C=O) groups is 2. The topological polar surface area (TPSA) is 128 Å². The van der Waals surface area contributed by atoms with Crippen LogP contribution in [0.4, 0.5) is 4.79 Å². The van der Waals surface area contributed by atoms with Crippen LogP contribution in [-0.2, 0) is 9.53 Å². The molecule has 21 heavy (non-hydrogen) atoms. The fraction of sp³-hybridized carbons (Fsp3) is 0.846. The number of nitrogens with one attached hydrogen (secondary N) is 2. The Morgan fingerprint density at radius 2 is 1.81 bits per heavy atom. The summed E-state index contributed by atoms with van der Waals surface area (Å²) >= 11 is 0. The molecule has 8 heteroatoms. The van der Waals surface area contributed by atoms with Crippen molar-refractivity contribution in [2.75, 3.05) is 6.54 Å². The van der Waals surface area contributed by atoms with Crippen molar-refractivity contribution in [2.24, 2.45) is 0 Å². The highest BCUT2D eigenvalue weighted by Crippen LogP contribution is 2.10. The van der Waals surface area contributed by atoms with Gasteiger partial charge in [0.1, 0.15) is 17.9 Å². The van der Waals surface area contributed by atoms with Gasteiger partial charge in [-0.3, -0.25) is 10.1 Å². The molecular weight excluding hydrogens is 280 g/mol. The van der Waals surface area contributed by atoms with Crippen molar-refractivity contribution in [3.05, 3.63) is 0 Å². The van der Waals surface area contributed by atoms with E-state index in [0.29, 0.717) is 12.8 Å². The molecule has 0 aliphatic carbocycles. The van der Waals surface area contributed by atoms with Crippen LogP contribution in [0.25, 0.3) is 0 Å². The Morgan fingerprint density at radius 3 is 2.24 bits per heavy atom. The van der Waals surface area contributed by atoms with E-state index in [0.717, 1.165) is 0 Å². The molecule has 5 N–H and O–H groups in total. The lowest BCUT2D eigenvalue weighted by Crippen LogP contribution is -2.54. The number of hydrogen-bond acceptors (Lipinski definition) is 6. The maximum atomic E-state index is 11.7. The Labute approximate surface area is 124 Å². The summed E-state index contributed by atoms with van der Waals surface area (Å²) in [5.41, 5.74) is -0.675. The molecule has 0 saturated carbocycles. The van der Waals surface area contributed by atoms with Crippen molar-refractivity contribution in [2.45, 2.75) is 64.5 Å². The van der Waals surface area contributed by atoms with Gasteiger partial charge < -0.3 is 25.4 Å². The number of rotatable bonds is 8. The van der Waals surface area contributed by atoms with Crippen molar-refractivity contribution in [1.29, 1.82) is 0 Å². The first-order valence-corrected chi connectivity index (χ1v) is 6.87. The molecule has 0 fully saturated rings. The smallest absolute Gasteiger partial charge is 0.407 e. The lowest BCUT2D eigenvalue weighted by Gasteiger charge is -2.29. The summed E-state index contributed by atoms with van der Waals surface area (Å²) in [4.78, 5) is 22.1. The van der Waals surface area contributed by atoms with Crippen LogP contribution in [0.1, 0.15) is 40.5 Å². The van der Waals surface area contributed by atoms with E-state index in [-0.39, 0.29) is 0 Å². The van der Waals surface area contributed by atoms with Crippen LogP contribution in [-0.4, -0.2) is 57.9 Å². The van der Waals surface area contributed by atoms with Crippen LogP contribution >= 0.6 is 0 Å². The molecule has 0 rings (SSSR count). The molecule has 0 aromatic carbocycles. The number of alkyl carbamates (subject to hydrolysis) is 1. The molecule has 0 heterocycles. The molecular formula is C13H26N2O6. The second kappa shape index (κ2) is 8.81. The van der Waals surface area contributed by atoms with Crippen LogP contribution in [0, 0.1) is 0 Å². The zero-order valence-corrected chi connectivity index (χ0v) is 12.9. The van der Waals surface area contributed by atoms with E-state index >= 15 is 0 Å². The van der Waals surface area contributed by atoms with Crippen LogP contribution in [0.2, 0.25) is 0 Å². The minimum atomic E-state index is -1.47. The molecule has 0 saturated heterocycles. The van der Waals surface area contributed by atoms with E-state index in [1.54, 1.807) is 20.8 Å². The molecule has 0 radical (unpaired) electrons. The lowest BCUT2D eigenvalue weighted by molar-refractivity contribution is -0.137. The monoisotopic (exact) mass is 306 g/mol. The maximum absolute atomic E-state index is 11.7. The van der Waals surface area contributed by atoms with Crippen molar-refractivity contribution in [3.63, 3.8) is 0 Å². The Hall–Kier alpha value is -1.38. The van der Waals surface area contributed by atoms with Gasteiger partial charge in [0.25, 0.3) is 0 Å². The zero-order chi connectivity index (χ0) is 16.6. The zero-order valence-electron chi connectivity index (χ0n) is 12.9. The van der Waals surface area contributed by atoms with E-state index in [1.165, 1.54) is 0 Å². The summed E-state index contributed by atoms with van der Waals surface area (Å²) in [6.07, 6.45) is -2.45. The van der Waals surface area contributed by atoms with Gasteiger partial charge in [0.15, 0.2) is 0 Å². The average molecular weight is 306 g/mol. The first-order valence-electron chi connectivity index (χ1n) is 6.87. The second-order valence-corrected chi connectivity index (χ2v) is 5.75. The van der Waals surface area contributed by atoms with Crippen molar-refractivity contribution in [3.8, 4) is 0 Å². The SMILES string of the molecule is CCCC(NC(=O)OC(C)(C)C)C(O)[C@H](O)NCC(=O)O. The molecule has 8 nitrogen and oxygen atoms in total. The molecule has 0 aliphatic heterocycles. The van der Waals surface area contributed by atoms with Crippen LogP contribution in [0.3, 0.4) is 0 Å². The number of carboxylic acids is 1. The maximum Gasteiger partial charge on any atom is 0.407 e. The van der Waals surface area contributed by atoms with Gasteiger partial charge in [0.05, 0.1) is 12.6 Å². The van der Waals surface area contributed by atoms with E-state index < -0.39 is 42.6 Å². The first kappa shape index (κ1) is 19.6. The molecule has 0 bridgehead atoms. The highest BCUT2D eigenvalue weighted by Gasteiger charge is 2.29. The predicted octanol–water partition coefficient (Wildman–Crippen LogP) is 0.0333. The van der Waals surface area contributed by atoms with Gasteiger partial charge in [-0.15, -0.1) is 0 Å². The predicted molar refractivity (Wildman–Crippen MR) is 75.7 cm³/mol. The highest BCUT2D eigenvalue weighted by atomic mass is 16.6. The number of carbonyl (C=O) groups excluding carboxylic acids is 1. The normalized spacial score (nSPS) is 15.9. The highest BCUT2D eigenvalue weighted by molar-refractivity contribution is 5.69. The summed E-state index contributed by atoms with van der Waals surface area (Å²) in [6.45, 7) is 6.49. The van der Waals surface area contributed by atoms with Gasteiger partial charge in [-0.25, -0.2) is 4.79 Å². The standard InChI is InChI=1S/C13H26N2O6/c1-5-6-8(15-12(20)21-13(2,3)4)10(18)11(19)14-7-9(16)17/h8,10-11,14,18-19H,5-7H2,1-4H3,(H,15,20)(H,16,17)/t8?,10?,11-/m0/s1. The first-order chi connectivity index (χ1) is 9.56. The van der Waals surface area contributed by atoms with Crippen LogP contribution in [0.15, 0.2) is 0 Å². The average Bonchev–Trinajstić information content (AvgIpc) is 2.32. The number of aliphatic hydroxyl groups is 2. The summed E-state index contributed by atoms with van der Waals surface area (Å²) in [5, 5.41) is 32.9. The van der Waals surface area contributed by atoms with Crippen LogP contribution in [0.5, 0.6) is 0 Å². The van der Waals surface area contributed by atoms with E-state index in [2.05, 4.69) is 10.6 Å². The summed E-state index contributed by atoms with van der Waals surface area (Å²) in [6, 6.07) is -0.749. The summed E-state index contributed by atoms with van der Waals surface area (Å²) < 4.78 is 5.09. The Balaban J connectivity index is 4.57. The van der Waals surface area contributed by atoms with Crippen molar-refractivity contribution in [1.82, 2.24) is 10.6 Å². The number of hydrogen-bond donors (Lipinski definition) is 5. The summed E-state index contributed by atoms with van der Waals surface area (Å²) in [5.74, 6) is -1.16. The van der Waals surface area contributed by atoms with Gasteiger partial charge in [-0.05, 0) is 27.2 Å². The van der Waals surface area contributed by atoms with Gasteiger partial charge in [0, 0.05) is 0 Å². The number of ether oxygens (including phenoxy) is 1. The lowest BCUT2D eigenvalue weighted by atomic mass is 10.0. The molecule has 1 amide bonds. The molecule has 0 aliphatic rings. The molecule has 124 valence electrons. The molecule has 3 atom stereocenters. The number of amides is 1. The largest absolute Gasteiger partial charge is 0.480 e. The van der Waals surface area contributed by atoms with E-state index in [4.69, 9.17) is 9.84 Å². The van der Waals surface area contributed by atoms with Gasteiger partial charge in [-0.2, -0.15) is 0 Å². The van der Waals surface area contributed by atoms with E-state index in [1.807, 2.05) is 6.92 Å². The fourth-order valence-corrected chi connectivity index (χ4v) is 1.63. The van der Waals surface area contributed by atoms with Gasteiger partial charge >= 0.3 is 12.1 Å². The van der Waals surface area contributed by atoms with Crippen molar-refractivity contribution >= 4 is 12.1 Å². The third-order valence-corrected chi connectivity index (χ3v) is 2.50. The summed E-state index contributed by atoms with van der Waals surface area (Å²) in [7, 11) is 0. The molecule has 0 spiro atoms. The van der Waals surface area contributed by atoms with Gasteiger partial charge in [0.2, 0.25) is 0 Å². The Kier molecular flexibility index (Phi) is 8.23. The third kappa shape index (κ3) is 9.22. The number of carboxylic acid groups (broad SMARTS) is 1. The minimum Gasteiger partial charge on any atom is -0.480 e. The Morgan fingerprint density at radius 1 is 1.24 bits per heavy atom. The Bertz CT molecular complexity index is 342. The van der Waals surface area contributed by atoms with Crippen LogP contribution < -0.4 is 10.6 Å².